The zero-order valence-corrected chi connectivity index (χ0v) is 19.5. The fraction of sp³-hybridized carbons (Fsp3) is 0.222. The number of aliphatic imine (C=N–C) groups is 1. The van der Waals surface area contributed by atoms with Crippen molar-refractivity contribution >= 4 is 34.5 Å². The Morgan fingerprint density at radius 2 is 1.61 bits per heavy atom. The molecule has 0 unspecified atom stereocenters. The van der Waals surface area contributed by atoms with Crippen LogP contribution in [-0.4, -0.2) is 37.6 Å². The molecule has 170 valence electrons. The zero-order valence-electron chi connectivity index (χ0n) is 19.5. The Morgan fingerprint density at radius 3 is 2.18 bits per heavy atom. The van der Waals surface area contributed by atoms with Gasteiger partial charge in [-0.05, 0) is 80.9 Å². The minimum absolute atomic E-state index is 0.178. The lowest BCUT2D eigenvalue weighted by Gasteiger charge is -2.21. The molecule has 0 atom stereocenters. The van der Waals surface area contributed by atoms with Gasteiger partial charge in [-0.3, -0.25) is 9.59 Å². The Hall–Kier alpha value is -3.93. The van der Waals surface area contributed by atoms with Crippen LogP contribution in [0.3, 0.4) is 0 Å². The molecule has 0 aromatic heterocycles. The van der Waals surface area contributed by atoms with Crippen LogP contribution >= 0.6 is 0 Å². The van der Waals surface area contributed by atoms with Gasteiger partial charge in [0.1, 0.15) is 5.75 Å². The van der Waals surface area contributed by atoms with E-state index in [0.717, 1.165) is 24.3 Å². The van der Waals surface area contributed by atoms with Gasteiger partial charge >= 0.3 is 0 Å². The van der Waals surface area contributed by atoms with E-state index in [9.17, 15) is 9.59 Å². The van der Waals surface area contributed by atoms with E-state index in [1.165, 1.54) is 0 Å². The van der Waals surface area contributed by atoms with Gasteiger partial charge in [-0.25, -0.2) is 4.99 Å². The molecule has 0 radical (unpaired) electrons. The van der Waals surface area contributed by atoms with Crippen LogP contribution < -0.4 is 15.0 Å². The smallest absolute Gasteiger partial charge is 0.278 e. The van der Waals surface area contributed by atoms with Crippen molar-refractivity contribution in [2.24, 2.45) is 4.99 Å². The van der Waals surface area contributed by atoms with Gasteiger partial charge in [0.15, 0.2) is 5.71 Å². The first kappa shape index (κ1) is 23.7. The van der Waals surface area contributed by atoms with E-state index in [2.05, 4.69) is 29.1 Å². The van der Waals surface area contributed by atoms with E-state index < -0.39 is 11.7 Å². The van der Waals surface area contributed by atoms with Gasteiger partial charge in [-0.1, -0.05) is 18.2 Å². The molecular weight excluding hydrogens is 414 g/mol. The second kappa shape index (κ2) is 11.1. The van der Waals surface area contributed by atoms with Gasteiger partial charge in [0, 0.05) is 30.0 Å². The Bertz CT molecular complexity index is 1140. The molecule has 0 aliphatic heterocycles. The molecule has 33 heavy (non-hydrogen) atoms. The highest BCUT2D eigenvalue weighted by Gasteiger charge is 2.23. The van der Waals surface area contributed by atoms with Crippen molar-refractivity contribution in [1.29, 1.82) is 0 Å². The summed E-state index contributed by atoms with van der Waals surface area (Å²) in [4.78, 5) is 33.2. The highest BCUT2D eigenvalue weighted by Crippen LogP contribution is 2.26. The molecule has 3 aromatic carbocycles. The van der Waals surface area contributed by atoms with Gasteiger partial charge in [-0.2, -0.15) is 0 Å². The molecule has 1 N–H and O–H groups in total. The molecule has 0 bridgehead atoms. The first-order valence-corrected chi connectivity index (χ1v) is 11.0. The number of nitrogens with zero attached hydrogens (tertiary/aromatic N) is 2. The summed E-state index contributed by atoms with van der Waals surface area (Å²) >= 11 is 0. The average Bonchev–Trinajstić information content (AvgIpc) is 2.84. The lowest BCUT2D eigenvalue weighted by atomic mass is 10.1. The first-order valence-electron chi connectivity index (χ1n) is 11.0. The van der Waals surface area contributed by atoms with Crippen molar-refractivity contribution in [1.82, 2.24) is 0 Å². The highest BCUT2D eigenvalue weighted by molar-refractivity contribution is 6.70. The number of hydrogen-bond acceptors (Lipinski definition) is 5. The third-order valence-electron chi connectivity index (χ3n) is 5.36. The van der Waals surface area contributed by atoms with Crippen LogP contribution in [0.25, 0.3) is 0 Å². The van der Waals surface area contributed by atoms with E-state index in [-0.39, 0.29) is 5.71 Å². The molecule has 0 heterocycles. The van der Waals surface area contributed by atoms with Crippen molar-refractivity contribution in [3.63, 3.8) is 0 Å². The fourth-order valence-corrected chi connectivity index (χ4v) is 3.47. The summed E-state index contributed by atoms with van der Waals surface area (Å²) in [5, 5.41) is 2.78. The Labute approximate surface area is 194 Å². The van der Waals surface area contributed by atoms with Crippen LogP contribution in [0, 0.1) is 6.92 Å². The van der Waals surface area contributed by atoms with Crippen LogP contribution in [0.1, 0.15) is 29.8 Å². The number of anilines is 2. The van der Waals surface area contributed by atoms with Gasteiger partial charge in [0.2, 0.25) is 5.78 Å². The van der Waals surface area contributed by atoms with E-state index in [0.29, 0.717) is 22.7 Å². The van der Waals surface area contributed by atoms with Crippen LogP contribution in [0.15, 0.2) is 77.8 Å². The summed E-state index contributed by atoms with van der Waals surface area (Å²) in [5.41, 5.74) is 3.30. The Kier molecular flexibility index (Phi) is 7.97. The van der Waals surface area contributed by atoms with Crippen LogP contribution in [0.2, 0.25) is 0 Å². The maximum atomic E-state index is 13.3. The zero-order chi connectivity index (χ0) is 23.8. The van der Waals surface area contributed by atoms with Crippen molar-refractivity contribution in [2.75, 3.05) is 30.4 Å². The first-order chi connectivity index (χ1) is 16.0. The molecule has 3 rings (SSSR count). The van der Waals surface area contributed by atoms with Crippen molar-refractivity contribution < 1.29 is 14.3 Å². The second-order valence-electron chi connectivity index (χ2n) is 7.48. The predicted molar refractivity (Wildman–Crippen MR) is 134 cm³/mol. The number of carbonyl (C=O) groups is 2. The number of hydrogen-bond donors (Lipinski definition) is 1. The van der Waals surface area contributed by atoms with Crippen molar-refractivity contribution in [3.05, 3.63) is 83.9 Å². The number of ether oxygens (including phenoxy) is 1. The summed E-state index contributed by atoms with van der Waals surface area (Å²) in [7, 11) is 1.56. The van der Waals surface area contributed by atoms with Crippen molar-refractivity contribution in [3.8, 4) is 5.75 Å². The standard InChI is InChI=1S/C27H29N3O3/c1-5-30(6-2)22-14-17-24(19(3)18-22)29-25(27(32)28-21-10-8-7-9-11-21)26(31)20-12-15-23(33-4)16-13-20/h7-18H,5-6H2,1-4H3,(H,28,32). The molecule has 0 spiro atoms. The summed E-state index contributed by atoms with van der Waals surface area (Å²) in [6.07, 6.45) is 0. The monoisotopic (exact) mass is 443 g/mol. The minimum Gasteiger partial charge on any atom is -0.497 e. The second-order valence-corrected chi connectivity index (χ2v) is 7.48. The molecule has 0 saturated heterocycles. The molecule has 0 aliphatic carbocycles. The molecule has 6 heteroatoms. The molecule has 0 aliphatic rings. The number of carbonyl (C=O) groups excluding carboxylic acids is 2. The number of amides is 1. The topological polar surface area (TPSA) is 71.0 Å². The minimum atomic E-state index is -0.561. The van der Waals surface area contributed by atoms with Crippen LogP contribution in [0.4, 0.5) is 17.1 Å². The van der Waals surface area contributed by atoms with Gasteiger partial charge in [-0.15, -0.1) is 0 Å². The molecule has 6 nitrogen and oxygen atoms in total. The van der Waals surface area contributed by atoms with E-state index in [1.807, 2.05) is 43.3 Å². The van der Waals surface area contributed by atoms with Gasteiger partial charge in [0.05, 0.1) is 12.8 Å². The van der Waals surface area contributed by atoms with Gasteiger partial charge < -0.3 is 15.0 Å². The molecule has 0 saturated carbocycles. The number of nitrogens with one attached hydrogen (secondary N) is 1. The number of Topliss-reactive ketones (excluding diaryl/α,β-unsaturated/α-hetero) is 1. The molecule has 0 fully saturated rings. The SMILES string of the molecule is CCN(CC)c1ccc(N=C(C(=O)Nc2ccccc2)C(=O)c2ccc(OC)cc2)c(C)c1. The Morgan fingerprint density at radius 1 is 0.939 bits per heavy atom. The van der Waals surface area contributed by atoms with Gasteiger partial charge in [0.25, 0.3) is 5.91 Å². The third kappa shape index (κ3) is 5.86. The molecule has 1 amide bonds. The summed E-state index contributed by atoms with van der Waals surface area (Å²) < 4.78 is 5.17. The number of benzene rings is 3. The van der Waals surface area contributed by atoms with E-state index >= 15 is 0 Å². The number of para-hydroxylation sites is 1. The average molecular weight is 444 g/mol. The predicted octanol–water partition coefficient (Wildman–Crippen LogP) is 5.44. The lowest BCUT2D eigenvalue weighted by molar-refractivity contribution is -0.110. The van der Waals surface area contributed by atoms with Crippen molar-refractivity contribution in [2.45, 2.75) is 20.8 Å². The highest BCUT2D eigenvalue weighted by atomic mass is 16.5. The Balaban J connectivity index is 2.01. The molecule has 3 aromatic rings. The molecular formula is C27H29N3O3. The van der Waals surface area contributed by atoms with Crippen LogP contribution in [0.5, 0.6) is 5.75 Å². The van der Waals surface area contributed by atoms with E-state index in [4.69, 9.17) is 4.74 Å². The fourth-order valence-electron chi connectivity index (χ4n) is 3.47. The summed E-state index contributed by atoms with van der Waals surface area (Å²) in [6.45, 7) is 7.91. The number of methoxy groups -OCH3 is 1. The van der Waals surface area contributed by atoms with E-state index in [1.54, 1.807) is 43.5 Å². The number of rotatable bonds is 9. The largest absolute Gasteiger partial charge is 0.497 e. The maximum Gasteiger partial charge on any atom is 0.278 e. The number of aryl methyl sites for hydroxylation is 1. The quantitative estimate of drug-likeness (QED) is 0.271. The lowest BCUT2D eigenvalue weighted by Crippen LogP contribution is -2.30. The summed E-state index contributed by atoms with van der Waals surface area (Å²) in [5.74, 6) is -0.394. The maximum absolute atomic E-state index is 13.3. The van der Waals surface area contributed by atoms with Crippen LogP contribution in [-0.2, 0) is 4.79 Å². The third-order valence-corrected chi connectivity index (χ3v) is 5.36. The summed E-state index contributed by atoms with van der Waals surface area (Å²) in [6, 6.07) is 21.5. The normalized spacial score (nSPS) is 11.1. The number of ketones is 1.